The second kappa shape index (κ2) is 7.89. The van der Waals surface area contributed by atoms with Gasteiger partial charge in [-0.05, 0) is 49.0 Å². The highest BCUT2D eigenvalue weighted by atomic mass is 79.9. The average molecular weight is 404 g/mol. The van der Waals surface area contributed by atoms with Gasteiger partial charge in [0.05, 0.1) is 7.11 Å². The summed E-state index contributed by atoms with van der Waals surface area (Å²) in [6.07, 6.45) is 0. The summed E-state index contributed by atoms with van der Waals surface area (Å²) in [4.78, 5) is 16.5. The van der Waals surface area contributed by atoms with Crippen LogP contribution in [0.1, 0.15) is 11.6 Å². The third-order valence-electron chi connectivity index (χ3n) is 4.48. The number of urea groups is 1. The van der Waals surface area contributed by atoms with Gasteiger partial charge in [-0.2, -0.15) is 0 Å². The Morgan fingerprint density at radius 3 is 2.64 bits per heavy atom. The van der Waals surface area contributed by atoms with E-state index < -0.39 is 0 Å². The molecule has 1 saturated heterocycles. The number of benzene rings is 2. The standard InChI is InChI=1S/C19H22BrN3O2/c1-21-18(14-4-3-5-17(12-14)25-2)13-22-10-11-23(19(22)24)16-8-6-15(20)7-9-16/h3-9,12,18,21H,10-11,13H2,1-2H3/t18-/m0/s1. The second-order valence-electron chi connectivity index (χ2n) is 5.97. The lowest BCUT2D eigenvalue weighted by molar-refractivity contribution is 0.215. The molecule has 0 aromatic heterocycles. The van der Waals surface area contributed by atoms with Crippen molar-refractivity contribution < 1.29 is 9.53 Å². The van der Waals surface area contributed by atoms with Crippen molar-refractivity contribution in [1.82, 2.24) is 10.2 Å². The van der Waals surface area contributed by atoms with Gasteiger partial charge in [0, 0.05) is 35.8 Å². The molecule has 25 heavy (non-hydrogen) atoms. The highest BCUT2D eigenvalue weighted by molar-refractivity contribution is 9.10. The quantitative estimate of drug-likeness (QED) is 0.800. The number of methoxy groups -OCH3 is 1. The van der Waals surface area contributed by atoms with Crippen molar-refractivity contribution in [2.75, 3.05) is 38.7 Å². The molecule has 0 spiro atoms. The number of carbonyl (C=O) groups is 1. The van der Waals surface area contributed by atoms with Crippen LogP contribution in [-0.4, -0.2) is 44.7 Å². The molecule has 1 N–H and O–H groups in total. The Labute approximate surface area is 156 Å². The van der Waals surface area contributed by atoms with Crippen LogP contribution in [0, 0.1) is 0 Å². The Morgan fingerprint density at radius 2 is 1.96 bits per heavy atom. The van der Waals surface area contributed by atoms with E-state index in [9.17, 15) is 4.79 Å². The zero-order chi connectivity index (χ0) is 17.8. The van der Waals surface area contributed by atoms with Crippen LogP contribution in [-0.2, 0) is 0 Å². The Hall–Kier alpha value is -2.05. The summed E-state index contributed by atoms with van der Waals surface area (Å²) < 4.78 is 6.31. The molecule has 1 fully saturated rings. The molecule has 0 unspecified atom stereocenters. The molecule has 132 valence electrons. The Bertz CT molecular complexity index is 736. The summed E-state index contributed by atoms with van der Waals surface area (Å²) in [6.45, 7) is 2.04. The van der Waals surface area contributed by atoms with E-state index in [-0.39, 0.29) is 12.1 Å². The van der Waals surface area contributed by atoms with Crippen molar-refractivity contribution in [3.05, 3.63) is 58.6 Å². The van der Waals surface area contributed by atoms with Gasteiger partial charge in [-0.25, -0.2) is 4.79 Å². The molecule has 1 aliphatic rings. The molecule has 3 rings (SSSR count). The molecule has 1 atom stereocenters. The molecular formula is C19H22BrN3O2. The van der Waals surface area contributed by atoms with Crippen LogP contribution in [0.4, 0.5) is 10.5 Å². The van der Waals surface area contributed by atoms with Gasteiger partial charge in [-0.15, -0.1) is 0 Å². The van der Waals surface area contributed by atoms with E-state index in [2.05, 4.69) is 27.3 Å². The summed E-state index contributed by atoms with van der Waals surface area (Å²) in [7, 11) is 3.57. The molecule has 2 aromatic carbocycles. The van der Waals surface area contributed by atoms with Crippen LogP contribution in [0.2, 0.25) is 0 Å². The molecule has 0 aliphatic carbocycles. The minimum atomic E-state index is 0.0467. The summed E-state index contributed by atoms with van der Waals surface area (Å²) in [5, 5.41) is 3.31. The molecule has 5 nitrogen and oxygen atoms in total. The molecular weight excluding hydrogens is 382 g/mol. The number of halogens is 1. The molecule has 1 heterocycles. The van der Waals surface area contributed by atoms with Crippen LogP contribution >= 0.6 is 15.9 Å². The largest absolute Gasteiger partial charge is 0.497 e. The van der Waals surface area contributed by atoms with Crippen molar-refractivity contribution in [3.8, 4) is 5.75 Å². The van der Waals surface area contributed by atoms with Crippen LogP contribution in [0.25, 0.3) is 0 Å². The van der Waals surface area contributed by atoms with E-state index in [4.69, 9.17) is 4.74 Å². The fourth-order valence-electron chi connectivity index (χ4n) is 3.05. The molecule has 0 saturated carbocycles. The Kier molecular flexibility index (Phi) is 5.60. The first-order chi connectivity index (χ1) is 12.1. The third-order valence-corrected chi connectivity index (χ3v) is 5.01. The number of ether oxygens (including phenoxy) is 1. The predicted molar refractivity (Wildman–Crippen MR) is 103 cm³/mol. The number of amides is 2. The Morgan fingerprint density at radius 1 is 1.20 bits per heavy atom. The number of nitrogens with zero attached hydrogens (tertiary/aromatic N) is 2. The van der Waals surface area contributed by atoms with E-state index in [1.54, 1.807) is 7.11 Å². The number of hydrogen-bond donors (Lipinski definition) is 1. The molecule has 1 aliphatic heterocycles. The van der Waals surface area contributed by atoms with Gasteiger partial charge < -0.3 is 15.0 Å². The smallest absolute Gasteiger partial charge is 0.324 e. The lowest BCUT2D eigenvalue weighted by atomic mass is 10.1. The number of rotatable bonds is 6. The SMILES string of the molecule is CN[C@@H](CN1CCN(c2ccc(Br)cc2)C1=O)c1cccc(OC)c1. The fraction of sp³-hybridized carbons (Fsp3) is 0.316. The lowest BCUT2D eigenvalue weighted by Crippen LogP contribution is -2.37. The number of likely N-dealkylation sites (N-methyl/N-ethyl adjacent to an activating group) is 1. The zero-order valence-electron chi connectivity index (χ0n) is 14.4. The number of carbonyl (C=O) groups excluding carboxylic acids is 1. The zero-order valence-corrected chi connectivity index (χ0v) is 16.0. The first kappa shape index (κ1) is 17.8. The number of nitrogens with one attached hydrogen (secondary N) is 1. The minimum absolute atomic E-state index is 0.0467. The van der Waals surface area contributed by atoms with Crippen LogP contribution in [0.3, 0.4) is 0 Å². The van der Waals surface area contributed by atoms with Crippen molar-refractivity contribution >= 4 is 27.6 Å². The fourth-order valence-corrected chi connectivity index (χ4v) is 3.32. The van der Waals surface area contributed by atoms with E-state index in [1.807, 2.05) is 59.3 Å². The Balaban J connectivity index is 1.71. The summed E-state index contributed by atoms with van der Waals surface area (Å²) >= 11 is 3.43. The second-order valence-corrected chi connectivity index (χ2v) is 6.89. The van der Waals surface area contributed by atoms with Crippen LogP contribution < -0.4 is 15.0 Å². The van der Waals surface area contributed by atoms with E-state index in [0.29, 0.717) is 13.1 Å². The van der Waals surface area contributed by atoms with Gasteiger partial charge in [0.1, 0.15) is 5.75 Å². The monoisotopic (exact) mass is 403 g/mol. The maximum atomic E-state index is 12.8. The van der Waals surface area contributed by atoms with Crippen molar-refractivity contribution in [3.63, 3.8) is 0 Å². The van der Waals surface area contributed by atoms with E-state index in [1.165, 1.54) is 0 Å². The van der Waals surface area contributed by atoms with Gasteiger partial charge in [0.2, 0.25) is 0 Å². The van der Waals surface area contributed by atoms with Crippen LogP contribution in [0.15, 0.2) is 53.0 Å². The summed E-state index contributed by atoms with van der Waals surface area (Å²) in [5.41, 5.74) is 2.04. The first-order valence-corrected chi connectivity index (χ1v) is 9.05. The van der Waals surface area contributed by atoms with Crippen molar-refractivity contribution in [2.24, 2.45) is 0 Å². The van der Waals surface area contributed by atoms with E-state index in [0.717, 1.165) is 28.0 Å². The highest BCUT2D eigenvalue weighted by Gasteiger charge is 2.31. The topological polar surface area (TPSA) is 44.8 Å². The third kappa shape index (κ3) is 3.96. The number of hydrogen-bond acceptors (Lipinski definition) is 3. The number of anilines is 1. The van der Waals surface area contributed by atoms with Crippen LogP contribution in [0.5, 0.6) is 5.75 Å². The summed E-state index contributed by atoms with van der Waals surface area (Å²) in [6, 6.07) is 15.9. The molecule has 2 aromatic rings. The van der Waals surface area contributed by atoms with Crippen molar-refractivity contribution in [2.45, 2.75) is 6.04 Å². The first-order valence-electron chi connectivity index (χ1n) is 8.25. The lowest BCUT2D eigenvalue weighted by Gasteiger charge is -2.24. The molecule has 6 heteroatoms. The van der Waals surface area contributed by atoms with Gasteiger partial charge in [-0.3, -0.25) is 4.90 Å². The van der Waals surface area contributed by atoms with Gasteiger partial charge >= 0.3 is 6.03 Å². The normalized spacial score (nSPS) is 15.6. The molecule has 2 amide bonds. The maximum Gasteiger partial charge on any atom is 0.324 e. The van der Waals surface area contributed by atoms with Gasteiger partial charge in [-0.1, -0.05) is 28.1 Å². The highest BCUT2D eigenvalue weighted by Crippen LogP contribution is 2.25. The van der Waals surface area contributed by atoms with E-state index >= 15 is 0 Å². The molecule has 0 bridgehead atoms. The molecule has 0 radical (unpaired) electrons. The van der Waals surface area contributed by atoms with Gasteiger partial charge in [0.25, 0.3) is 0 Å². The summed E-state index contributed by atoms with van der Waals surface area (Å²) in [5.74, 6) is 0.821. The minimum Gasteiger partial charge on any atom is -0.497 e. The van der Waals surface area contributed by atoms with Crippen molar-refractivity contribution in [1.29, 1.82) is 0 Å². The predicted octanol–water partition coefficient (Wildman–Crippen LogP) is 3.66. The average Bonchev–Trinajstić information content (AvgIpc) is 3.01. The maximum absolute atomic E-state index is 12.8. The van der Waals surface area contributed by atoms with Gasteiger partial charge in [0.15, 0.2) is 0 Å².